The summed E-state index contributed by atoms with van der Waals surface area (Å²) in [6.45, 7) is 0.319. The zero-order valence-electron chi connectivity index (χ0n) is 11.5. The first kappa shape index (κ1) is 14.3. The molecule has 114 valence electrons. The maximum absolute atomic E-state index is 12.0. The summed E-state index contributed by atoms with van der Waals surface area (Å²) in [5.41, 5.74) is 0.670. The second-order valence-electron chi connectivity index (χ2n) is 5.68. The average molecular weight is 310 g/mol. The third-order valence-corrected chi connectivity index (χ3v) is 5.04. The van der Waals surface area contributed by atoms with E-state index in [9.17, 15) is 13.2 Å². The minimum atomic E-state index is -3.76. The fourth-order valence-electron chi connectivity index (χ4n) is 2.70. The third-order valence-electron chi connectivity index (χ3n) is 4.12. The number of primary sulfonamides is 1. The summed E-state index contributed by atoms with van der Waals surface area (Å²) in [6.07, 6.45) is 3.95. The highest BCUT2D eigenvalue weighted by atomic mass is 32.2. The third kappa shape index (κ3) is 3.03. The molecule has 0 aromatic heterocycles. The first-order valence-corrected chi connectivity index (χ1v) is 8.57. The van der Waals surface area contributed by atoms with Gasteiger partial charge >= 0.3 is 0 Å². The smallest absolute Gasteiger partial charge is 0.238 e. The summed E-state index contributed by atoms with van der Waals surface area (Å²) in [5.74, 6) is 1.07. The Morgan fingerprint density at radius 2 is 2.14 bits per heavy atom. The molecule has 1 amide bonds. The molecule has 1 saturated carbocycles. The van der Waals surface area contributed by atoms with E-state index in [0.717, 1.165) is 12.8 Å². The van der Waals surface area contributed by atoms with Gasteiger partial charge in [-0.3, -0.25) is 4.79 Å². The van der Waals surface area contributed by atoms with Crippen LogP contribution in [0.1, 0.15) is 37.3 Å². The molecule has 2 aliphatic rings. The molecular formula is C14H18N2O4S. The van der Waals surface area contributed by atoms with E-state index >= 15 is 0 Å². The Labute approximate surface area is 123 Å². The van der Waals surface area contributed by atoms with Gasteiger partial charge in [0.25, 0.3) is 0 Å². The van der Waals surface area contributed by atoms with Gasteiger partial charge in [-0.2, -0.15) is 0 Å². The predicted octanol–water partition coefficient (Wildman–Crippen LogP) is 1.07. The van der Waals surface area contributed by atoms with Gasteiger partial charge in [0, 0.05) is 12.0 Å². The SMILES string of the molecule is NS(=O)(=O)c1ccc2c(c1)C(NC(=O)CC1CCC1)CO2. The van der Waals surface area contributed by atoms with Crippen LogP contribution >= 0.6 is 0 Å². The van der Waals surface area contributed by atoms with Crippen molar-refractivity contribution < 1.29 is 17.9 Å². The van der Waals surface area contributed by atoms with Crippen LogP contribution in [0.25, 0.3) is 0 Å². The summed E-state index contributed by atoms with van der Waals surface area (Å²) < 4.78 is 28.3. The van der Waals surface area contributed by atoms with Crippen LogP contribution in [0.15, 0.2) is 23.1 Å². The number of sulfonamides is 1. The van der Waals surface area contributed by atoms with Crippen LogP contribution in [0.4, 0.5) is 0 Å². The molecular weight excluding hydrogens is 292 g/mol. The van der Waals surface area contributed by atoms with Gasteiger partial charge in [-0.25, -0.2) is 13.6 Å². The molecule has 1 unspecified atom stereocenters. The van der Waals surface area contributed by atoms with Crippen molar-refractivity contribution in [3.05, 3.63) is 23.8 Å². The maximum Gasteiger partial charge on any atom is 0.238 e. The second kappa shape index (κ2) is 5.31. The van der Waals surface area contributed by atoms with E-state index in [1.54, 1.807) is 6.07 Å². The Bertz CT molecular complexity index is 668. The lowest BCUT2D eigenvalue weighted by atomic mass is 9.83. The molecule has 1 aliphatic heterocycles. The maximum atomic E-state index is 12.0. The van der Waals surface area contributed by atoms with E-state index in [2.05, 4.69) is 5.32 Å². The highest BCUT2D eigenvalue weighted by Crippen LogP contribution is 2.34. The summed E-state index contributed by atoms with van der Waals surface area (Å²) in [5, 5.41) is 8.05. The Kier molecular flexibility index (Phi) is 3.62. The molecule has 0 bridgehead atoms. The number of fused-ring (bicyclic) bond motifs is 1. The van der Waals surface area contributed by atoms with Gasteiger partial charge in [-0.1, -0.05) is 6.42 Å². The molecule has 6 nitrogen and oxygen atoms in total. The van der Waals surface area contributed by atoms with Gasteiger partial charge in [0.05, 0.1) is 10.9 Å². The van der Waals surface area contributed by atoms with Crippen molar-refractivity contribution >= 4 is 15.9 Å². The number of nitrogens with one attached hydrogen (secondary N) is 1. The van der Waals surface area contributed by atoms with Crippen molar-refractivity contribution in [1.29, 1.82) is 0 Å². The zero-order chi connectivity index (χ0) is 15.0. The molecule has 0 spiro atoms. The second-order valence-corrected chi connectivity index (χ2v) is 7.24. The first-order chi connectivity index (χ1) is 9.93. The number of hydrogen-bond donors (Lipinski definition) is 2. The van der Waals surface area contributed by atoms with Gasteiger partial charge in [0.1, 0.15) is 12.4 Å². The summed E-state index contributed by atoms with van der Waals surface area (Å²) in [6, 6.07) is 4.15. The molecule has 0 saturated heterocycles. The number of hydrogen-bond acceptors (Lipinski definition) is 4. The van der Waals surface area contributed by atoms with E-state index in [-0.39, 0.29) is 16.8 Å². The van der Waals surface area contributed by atoms with Crippen molar-refractivity contribution in [2.45, 2.75) is 36.6 Å². The number of ether oxygens (including phenoxy) is 1. The summed E-state index contributed by atoms with van der Waals surface area (Å²) in [7, 11) is -3.76. The molecule has 1 aromatic rings. The highest BCUT2D eigenvalue weighted by Gasteiger charge is 2.28. The molecule has 1 aliphatic carbocycles. The van der Waals surface area contributed by atoms with Gasteiger partial charge < -0.3 is 10.1 Å². The molecule has 21 heavy (non-hydrogen) atoms. The van der Waals surface area contributed by atoms with Crippen molar-refractivity contribution in [3.8, 4) is 5.75 Å². The molecule has 1 aromatic carbocycles. The molecule has 0 radical (unpaired) electrons. The predicted molar refractivity (Wildman–Crippen MR) is 76.2 cm³/mol. The monoisotopic (exact) mass is 310 g/mol. The molecule has 1 heterocycles. The van der Waals surface area contributed by atoms with Crippen molar-refractivity contribution in [2.75, 3.05) is 6.61 Å². The van der Waals surface area contributed by atoms with Crippen LogP contribution in [0.5, 0.6) is 5.75 Å². The number of amides is 1. The molecule has 1 fully saturated rings. The largest absolute Gasteiger partial charge is 0.491 e. The van der Waals surface area contributed by atoms with E-state index in [1.807, 2.05) is 0 Å². The molecule has 1 atom stereocenters. The lowest BCUT2D eigenvalue weighted by Gasteiger charge is -2.25. The fraction of sp³-hybridized carbons (Fsp3) is 0.500. The number of benzene rings is 1. The number of carbonyl (C=O) groups is 1. The van der Waals surface area contributed by atoms with Crippen molar-refractivity contribution in [3.63, 3.8) is 0 Å². The Hall–Kier alpha value is -1.60. The van der Waals surface area contributed by atoms with Crippen molar-refractivity contribution in [2.24, 2.45) is 11.1 Å². The van der Waals surface area contributed by atoms with Gasteiger partial charge in [-0.15, -0.1) is 0 Å². The average Bonchev–Trinajstić information content (AvgIpc) is 2.75. The Balaban J connectivity index is 1.74. The van der Waals surface area contributed by atoms with E-state index < -0.39 is 10.0 Å². The van der Waals surface area contributed by atoms with E-state index in [4.69, 9.17) is 9.88 Å². The lowest BCUT2D eigenvalue weighted by Crippen LogP contribution is -2.32. The lowest BCUT2D eigenvalue weighted by molar-refractivity contribution is -0.123. The number of rotatable bonds is 4. The first-order valence-electron chi connectivity index (χ1n) is 7.02. The van der Waals surface area contributed by atoms with Crippen LogP contribution < -0.4 is 15.2 Å². The van der Waals surface area contributed by atoms with Crippen LogP contribution in [0, 0.1) is 5.92 Å². The summed E-state index contributed by atoms with van der Waals surface area (Å²) in [4.78, 5) is 12.0. The fourth-order valence-corrected chi connectivity index (χ4v) is 3.25. The minimum Gasteiger partial charge on any atom is -0.491 e. The van der Waals surface area contributed by atoms with Gasteiger partial charge in [-0.05, 0) is 37.0 Å². The van der Waals surface area contributed by atoms with Crippen LogP contribution in [-0.4, -0.2) is 20.9 Å². The van der Waals surface area contributed by atoms with Crippen LogP contribution in [-0.2, 0) is 14.8 Å². The number of carbonyl (C=O) groups excluding carboxylic acids is 1. The quantitative estimate of drug-likeness (QED) is 0.869. The van der Waals surface area contributed by atoms with Crippen molar-refractivity contribution in [1.82, 2.24) is 5.32 Å². The molecule has 3 N–H and O–H groups in total. The van der Waals surface area contributed by atoms with Gasteiger partial charge in [0.2, 0.25) is 15.9 Å². The molecule has 3 rings (SSSR count). The Morgan fingerprint density at radius 3 is 2.76 bits per heavy atom. The standard InChI is InChI=1S/C14H18N2O4S/c15-21(18,19)10-4-5-13-11(7-10)12(8-20-13)16-14(17)6-9-2-1-3-9/h4-5,7,9,12H,1-3,6,8H2,(H,16,17)(H2,15,18,19). The van der Waals surface area contributed by atoms with E-state index in [0.29, 0.717) is 30.3 Å². The highest BCUT2D eigenvalue weighted by molar-refractivity contribution is 7.89. The van der Waals surface area contributed by atoms with E-state index in [1.165, 1.54) is 18.6 Å². The Morgan fingerprint density at radius 1 is 1.38 bits per heavy atom. The zero-order valence-corrected chi connectivity index (χ0v) is 12.4. The number of nitrogens with two attached hydrogens (primary N) is 1. The normalized spacial score (nSPS) is 21.3. The summed E-state index contributed by atoms with van der Waals surface area (Å²) >= 11 is 0. The molecule has 7 heteroatoms. The van der Waals surface area contributed by atoms with Crippen LogP contribution in [0.2, 0.25) is 0 Å². The minimum absolute atomic E-state index is 0.0119. The van der Waals surface area contributed by atoms with Gasteiger partial charge in [0.15, 0.2) is 0 Å². The topological polar surface area (TPSA) is 98.5 Å². The van der Waals surface area contributed by atoms with Crippen LogP contribution in [0.3, 0.4) is 0 Å².